The third-order valence-electron chi connectivity index (χ3n) is 5.35. The topological polar surface area (TPSA) is 58.6 Å². The minimum absolute atomic E-state index is 0.265. The zero-order chi connectivity index (χ0) is 22.0. The zero-order valence-electron chi connectivity index (χ0n) is 17.8. The Bertz CT molecular complexity index is 1160. The lowest BCUT2D eigenvalue weighted by atomic mass is 10.0. The van der Waals surface area contributed by atoms with Gasteiger partial charge in [0, 0.05) is 5.69 Å². The Kier molecular flexibility index (Phi) is 5.58. The number of hydrogen-bond donors (Lipinski definition) is 1. The molecule has 0 aliphatic carbocycles. The lowest BCUT2D eigenvalue weighted by Crippen LogP contribution is -2.32. The van der Waals surface area contributed by atoms with Crippen LogP contribution in [-0.4, -0.2) is 18.9 Å². The van der Waals surface area contributed by atoms with E-state index < -0.39 is 0 Å². The molecule has 0 saturated heterocycles. The van der Waals surface area contributed by atoms with E-state index in [1.165, 1.54) is 10.5 Å². The number of nitrogens with zero attached hydrogens (tertiary/aromatic N) is 1. The number of ether oxygens (including phenoxy) is 1. The molecular weight excluding hydrogens is 388 g/mol. The highest BCUT2D eigenvalue weighted by atomic mass is 16.5. The first kappa shape index (κ1) is 20.4. The van der Waals surface area contributed by atoms with Crippen molar-refractivity contribution < 1.29 is 14.3 Å². The van der Waals surface area contributed by atoms with Crippen molar-refractivity contribution in [1.82, 2.24) is 0 Å². The van der Waals surface area contributed by atoms with Gasteiger partial charge in [0.1, 0.15) is 11.4 Å². The minimum atomic E-state index is -0.374. The maximum Gasteiger partial charge on any atom is 0.282 e. The number of imide groups is 1. The molecule has 0 unspecified atom stereocenters. The van der Waals surface area contributed by atoms with Gasteiger partial charge < -0.3 is 10.1 Å². The van der Waals surface area contributed by atoms with Crippen molar-refractivity contribution in [3.63, 3.8) is 0 Å². The average Bonchev–Trinajstić information content (AvgIpc) is 3.03. The van der Waals surface area contributed by atoms with Crippen LogP contribution < -0.4 is 15.0 Å². The third-order valence-corrected chi connectivity index (χ3v) is 5.35. The highest BCUT2D eigenvalue weighted by Gasteiger charge is 2.40. The fourth-order valence-corrected chi connectivity index (χ4v) is 3.64. The molecule has 4 rings (SSSR count). The fourth-order valence-electron chi connectivity index (χ4n) is 3.64. The summed E-state index contributed by atoms with van der Waals surface area (Å²) in [7, 11) is 1.59. The van der Waals surface area contributed by atoms with Crippen LogP contribution in [0.5, 0.6) is 5.75 Å². The predicted octanol–water partition coefficient (Wildman–Crippen LogP) is 4.96. The van der Waals surface area contributed by atoms with Crippen molar-refractivity contribution in [3.8, 4) is 5.75 Å². The second kappa shape index (κ2) is 8.48. The number of carbonyl (C=O) groups is 2. The van der Waals surface area contributed by atoms with Gasteiger partial charge in [-0.1, -0.05) is 43.3 Å². The molecule has 0 spiro atoms. The van der Waals surface area contributed by atoms with Gasteiger partial charge in [-0.05, 0) is 66.4 Å². The second-order valence-electron chi connectivity index (χ2n) is 7.44. The highest BCUT2D eigenvalue weighted by molar-refractivity contribution is 6.46. The van der Waals surface area contributed by atoms with E-state index in [-0.39, 0.29) is 17.5 Å². The molecule has 0 saturated carbocycles. The van der Waals surface area contributed by atoms with E-state index in [0.717, 1.165) is 17.7 Å². The number of anilines is 2. The SMILES string of the molecule is CCc1ccc(NC2=C(c3ccc(OC)cc3)C(=O)N(c3cccc(C)c3)C2=O)cc1. The van der Waals surface area contributed by atoms with Crippen LogP contribution in [0, 0.1) is 6.92 Å². The van der Waals surface area contributed by atoms with Gasteiger partial charge in [0.2, 0.25) is 0 Å². The Labute approximate surface area is 182 Å². The molecule has 0 fully saturated rings. The first-order valence-electron chi connectivity index (χ1n) is 10.2. The standard InChI is InChI=1S/C26H24N2O3/c1-4-18-8-12-20(13-9-18)27-24-23(19-10-14-22(31-3)15-11-19)25(29)28(26(24)30)21-7-5-6-17(2)16-21/h5-16,27H,4H2,1-3H3. The summed E-state index contributed by atoms with van der Waals surface area (Å²) in [6, 6.07) is 22.4. The van der Waals surface area contributed by atoms with E-state index in [9.17, 15) is 9.59 Å². The normalized spacial score (nSPS) is 13.7. The summed E-state index contributed by atoms with van der Waals surface area (Å²) in [5.74, 6) is -0.0456. The maximum atomic E-state index is 13.5. The first-order valence-corrected chi connectivity index (χ1v) is 10.2. The van der Waals surface area contributed by atoms with Crippen molar-refractivity contribution in [2.45, 2.75) is 20.3 Å². The summed E-state index contributed by atoms with van der Waals surface area (Å²) in [4.78, 5) is 28.1. The molecular formula is C26H24N2O3. The van der Waals surface area contributed by atoms with Crippen LogP contribution in [0.25, 0.3) is 5.57 Å². The van der Waals surface area contributed by atoms with E-state index in [0.29, 0.717) is 22.6 Å². The molecule has 1 heterocycles. The smallest absolute Gasteiger partial charge is 0.282 e. The van der Waals surface area contributed by atoms with Gasteiger partial charge in [-0.15, -0.1) is 0 Å². The van der Waals surface area contributed by atoms with E-state index >= 15 is 0 Å². The summed E-state index contributed by atoms with van der Waals surface area (Å²) in [6.07, 6.45) is 0.929. The Morgan fingerprint density at radius 3 is 2.23 bits per heavy atom. The summed E-state index contributed by atoms with van der Waals surface area (Å²) in [5.41, 5.74) is 4.74. The van der Waals surface area contributed by atoms with Crippen molar-refractivity contribution in [2.75, 3.05) is 17.3 Å². The Morgan fingerprint density at radius 2 is 1.61 bits per heavy atom. The molecule has 2 amide bonds. The highest BCUT2D eigenvalue weighted by Crippen LogP contribution is 2.34. The quantitative estimate of drug-likeness (QED) is 0.581. The van der Waals surface area contributed by atoms with Gasteiger partial charge in [0.05, 0.1) is 18.4 Å². The summed E-state index contributed by atoms with van der Waals surface area (Å²) in [6.45, 7) is 4.02. The van der Waals surface area contributed by atoms with Crippen LogP contribution in [0.4, 0.5) is 11.4 Å². The van der Waals surface area contributed by atoms with Gasteiger partial charge in [-0.2, -0.15) is 0 Å². The lowest BCUT2D eigenvalue weighted by molar-refractivity contribution is -0.120. The lowest BCUT2D eigenvalue weighted by Gasteiger charge is -2.16. The fraction of sp³-hybridized carbons (Fsp3) is 0.154. The van der Waals surface area contributed by atoms with Crippen LogP contribution in [0.1, 0.15) is 23.6 Å². The van der Waals surface area contributed by atoms with Crippen LogP contribution in [-0.2, 0) is 16.0 Å². The minimum Gasteiger partial charge on any atom is -0.497 e. The Hall–Kier alpha value is -3.86. The monoisotopic (exact) mass is 412 g/mol. The second-order valence-corrected chi connectivity index (χ2v) is 7.44. The Morgan fingerprint density at radius 1 is 0.903 bits per heavy atom. The van der Waals surface area contributed by atoms with Crippen molar-refractivity contribution in [3.05, 3.63) is 95.2 Å². The predicted molar refractivity (Wildman–Crippen MR) is 123 cm³/mol. The summed E-state index contributed by atoms with van der Waals surface area (Å²) >= 11 is 0. The van der Waals surface area contributed by atoms with Crippen LogP contribution in [0.3, 0.4) is 0 Å². The van der Waals surface area contributed by atoms with Crippen molar-refractivity contribution in [2.24, 2.45) is 0 Å². The number of nitrogens with one attached hydrogen (secondary N) is 1. The molecule has 3 aromatic carbocycles. The van der Waals surface area contributed by atoms with E-state index in [4.69, 9.17) is 4.74 Å². The van der Waals surface area contributed by atoms with Crippen LogP contribution in [0.15, 0.2) is 78.5 Å². The van der Waals surface area contributed by atoms with Crippen LogP contribution in [0.2, 0.25) is 0 Å². The first-order chi connectivity index (χ1) is 15.0. The number of amides is 2. The zero-order valence-corrected chi connectivity index (χ0v) is 17.8. The maximum absolute atomic E-state index is 13.5. The van der Waals surface area contributed by atoms with Gasteiger partial charge in [-0.3, -0.25) is 9.59 Å². The Balaban J connectivity index is 1.79. The number of methoxy groups -OCH3 is 1. The molecule has 1 aliphatic heterocycles. The molecule has 0 atom stereocenters. The molecule has 1 N–H and O–H groups in total. The largest absolute Gasteiger partial charge is 0.497 e. The van der Waals surface area contributed by atoms with Gasteiger partial charge in [-0.25, -0.2) is 4.90 Å². The molecule has 156 valence electrons. The number of rotatable bonds is 6. The number of benzene rings is 3. The van der Waals surface area contributed by atoms with Gasteiger partial charge >= 0.3 is 0 Å². The molecule has 0 aromatic heterocycles. The number of hydrogen-bond acceptors (Lipinski definition) is 4. The third kappa shape index (κ3) is 3.94. The molecule has 5 heteroatoms. The average molecular weight is 412 g/mol. The molecule has 5 nitrogen and oxygen atoms in total. The molecule has 0 radical (unpaired) electrons. The van der Waals surface area contributed by atoms with Crippen molar-refractivity contribution >= 4 is 28.8 Å². The molecule has 31 heavy (non-hydrogen) atoms. The van der Waals surface area contributed by atoms with Crippen molar-refractivity contribution in [1.29, 1.82) is 0 Å². The van der Waals surface area contributed by atoms with E-state index in [2.05, 4.69) is 12.2 Å². The van der Waals surface area contributed by atoms with Gasteiger partial charge in [0.15, 0.2) is 0 Å². The molecule has 3 aromatic rings. The van der Waals surface area contributed by atoms with Gasteiger partial charge in [0.25, 0.3) is 11.8 Å². The summed E-state index contributed by atoms with van der Waals surface area (Å²) < 4.78 is 5.23. The number of carbonyl (C=O) groups excluding carboxylic acids is 2. The van der Waals surface area contributed by atoms with E-state index in [1.54, 1.807) is 37.4 Å². The summed E-state index contributed by atoms with van der Waals surface area (Å²) in [5, 5.41) is 3.20. The van der Waals surface area contributed by atoms with Crippen LogP contribution >= 0.6 is 0 Å². The van der Waals surface area contributed by atoms with E-state index in [1.807, 2.05) is 49.4 Å². The number of aryl methyl sites for hydroxylation is 2. The molecule has 0 bridgehead atoms. The molecule has 1 aliphatic rings.